The van der Waals surface area contributed by atoms with Crippen LogP contribution < -0.4 is 21.1 Å². The quantitative estimate of drug-likeness (QED) is 0.484. The first-order valence-electron chi connectivity index (χ1n) is 10.5. The minimum atomic E-state index is -0.568. The summed E-state index contributed by atoms with van der Waals surface area (Å²) in [6.07, 6.45) is 2.04. The monoisotopic (exact) mass is 433 g/mol. The number of halogens is 1. The molecule has 6 nitrogen and oxygen atoms in total. The van der Waals surface area contributed by atoms with E-state index in [2.05, 4.69) is 10.6 Å². The van der Waals surface area contributed by atoms with Crippen LogP contribution in [-0.4, -0.2) is 18.5 Å². The van der Waals surface area contributed by atoms with Crippen LogP contribution in [0.15, 0.2) is 66.7 Å². The normalized spacial score (nSPS) is 14.5. The van der Waals surface area contributed by atoms with Crippen LogP contribution in [0.5, 0.6) is 5.75 Å². The number of para-hydroxylation sites is 2. The molecule has 7 heteroatoms. The van der Waals surface area contributed by atoms with E-state index in [0.717, 1.165) is 24.8 Å². The van der Waals surface area contributed by atoms with Crippen molar-refractivity contribution in [2.75, 3.05) is 17.6 Å². The van der Waals surface area contributed by atoms with Gasteiger partial charge in [0.1, 0.15) is 11.6 Å². The second-order valence-corrected chi connectivity index (χ2v) is 7.75. The minimum Gasteiger partial charge on any atom is -0.410 e. The van der Waals surface area contributed by atoms with E-state index in [-0.39, 0.29) is 17.5 Å². The number of carbonyl (C=O) groups is 2. The Morgan fingerprint density at radius 2 is 1.84 bits per heavy atom. The number of nitrogen functional groups attached to an aromatic ring is 1. The van der Waals surface area contributed by atoms with E-state index >= 15 is 0 Å². The standard InChI is InChI=1S/C25H24FN3O3/c26-19-8-10-20(11-9-19)32-25(31)28-14-13-16-5-6-17-15-18(7-12-21(16)17)24(30)29-23-4-2-1-3-22(23)27/h1-4,7-12,15-16H,5-6,13-14,27H2,(H,28,31)(H,29,30). The summed E-state index contributed by atoms with van der Waals surface area (Å²) in [6.45, 7) is 0.458. The van der Waals surface area contributed by atoms with Gasteiger partial charge in [0.05, 0.1) is 11.4 Å². The lowest BCUT2D eigenvalue weighted by Gasteiger charge is -2.13. The van der Waals surface area contributed by atoms with E-state index < -0.39 is 6.09 Å². The topological polar surface area (TPSA) is 93.5 Å². The van der Waals surface area contributed by atoms with Gasteiger partial charge in [-0.25, -0.2) is 9.18 Å². The summed E-state index contributed by atoms with van der Waals surface area (Å²) in [5, 5.41) is 5.59. The molecule has 0 fully saturated rings. The van der Waals surface area contributed by atoms with Gasteiger partial charge < -0.3 is 21.1 Å². The molecule has 3 aromatic carbocycles. The second kappa shape index (κ2) is 9.51. The summed E-state index contributed by atoms with van der Waals surface area (Å²) < 4.78 is 18.1. The molecule has 164 valence electrons. The number of rotatable bonds is 6. The number of hydrogen-bond acceptors (Lipinski definition) is 4. The fourth-order valence-corrected chi connectivity index (χ4v) is 3.95. The van der Waals surface area contributed by atoms with Crippen molar-refractivity contribution >= 4 is 23.4 Å². The molecule has 1 aliphatic rings. The van der Waals surface area contributed by atoms with Crippen molar-refractivity contribution in [2.45, 2.75) is 25.2 Å². The number of ether oxygens (including phenoxy) is 1. The zero-order valence-electron chi connectivity index (χ0n) is 17.4. The van der Waals surface area contributed by atoms with Crippen molar-refractivity contribution in [1.29, 1.82) is 0 Å². The number of carbonyl (C=O) groups excluding carboxylic acids is 2. The molecule has 2 amide bonds. The summed E-state index contributed by atoms with van der Waals surface area (Å²) in [7, 11) is 0. The Balaban J connectivity index is 1.30. The average molecular weight is 433 g/mol. The molecule has 0 aromatic heterocycles. The number of anilines is 2. The molecule has 0 heterocycles. The van der Waals surface area contributed by atoms with Gasteiger partial charge in [-0.3, -0.25) is 4.79 Å². The average Bonchev–Trinajstić information content (AvgIpc) is 3.19. The molecule has 0 radical (unpaired) electrons. The van der Waals surface area contributed by atoms with Gasteiger partial charge in [-0.05, 0) is 84.8 Å². The molecule has 0 saturated heterocycles. The number of amides is 2. The van der Waals surface area contributed by atoms with Crippen molar-refractivity contribution in [3.8, 4) is 5.75 Å². The molecule has 0 saturated carbocycles. The maximum atomic E-state index is 12.9. The zero-order valence-corrected chi connectivity index (χ0v) is 17.4. The molecule has 0 aliphatic heterocycles. The van der Waals surface area contributed by atoms with Gasteiger partial charge in [0.15, 0.2) is 0 Å². The minimum absolute atomic E-state index is 0.195. The summed E-state index contributed by atoms with van der Waals surface area (Å²) in [5.74, 6) is 0.0121. The number of benzene rings is 3. The highest BCUT2D eigenvalue weighted by molar-refractivity contribution is 6.05. The van der Waals surface area contributed by atoms with Crippen LogP contribution in [0.3, 0.4) is 0 Å². The number of fused-ring (bicyclic) bond motifs is 1. The van der Waals surface area contributed by atoms with E-state index in [0.29, 0.717) is 29.4 Å². The SMILES string of the molecule is Nc1ccccc1NC(=O)c1ccc2c(c1)CCC2CCNC(=O)Oc1ccc(F)cc1. The molecule has 0 spiro atoms. The van der Waals surface area contributed by atoms with E-state index in [1.165, 1.54) is 29.8 Å². The molecular formula is C25H24FN3O3. The largest absolute Gasteiger partial charge is 0.412 e. The van der Waals surface area contributed by atoms with Gasteiger partial charge in [0, 0.05) is 12.1 Å². The fraction of sp³-hybridized carbons (Fsp3) is 0.200. The highest BCUT2D eigenvalue weighted by atomic mass is 19.1. The highest BCUT2D eigenvalue weighted by Gasteiger charge is 2.23. The number of nitrogens with one attached hydrogen (secondary N) is 2. The maximum absolute atomic E-state index is 12.9. The van der Waals surface area contributed by atoms with E-state index in [4.69, 9.17) is 10.5 Å². The van der Waals surface area contributed by atoms with E-state index in [9.17, 15) is 14.0 Å². The lowest BCUT2D eigenvalue weighted by Crippen LogP contribution is -2.28. The smallest absolute Gasteiger partial charge is 0.410 e. The molecule has 1 unspecified atom stereocenters. The molecular weight excluding hydrogens is 409 g/mol. The Bertz CT molecular complexity index is 1130. The fourth-order valence-electron chi connectivity index (χ4n) is 3.95. The summed E-state index contributed by atoms with van der Waals surface area (Å²) in [4.78, 5) is 24.5. The van der Waals surface area contributed by atoms with Gasteiger partial charge in [0.2, 0.25) is 0 Å². The van der Waals surface area contributed by atoms with E-state index in [1.54, 1.807) is 12.1 Å². The second-order valence-electron chi connectivity index (χ2n) is 7.75. The third-order valence-corrected chi connectivity index (χ3v) is 5.60. The third-order valence-electron chi connectivity index (χ3n) is 5.60. The van der Waals surface area contributed by atoms with Gasteiger partial charge in [0.25, 0.3) is 5.91 Å². The van der Waals surface area contributed by atoms with Crippen LogP contribution in [0.25, 0.3) is 0 Å². The van der Waals surface area contributed by atoms with Crippen molar-refractivity contribution < 1.29 is 18.7 Å². The zero-order chi connectivity index (χ0) is 22.5. The summed E-state index contributed by atoms with van der Waals surface area (Å²) in [6, 6.07) is 18.2. The Kier molecular flexibility index (Phi) is 6.35. The Morgan fingerprint density at radius 3 is 2.62 bits per heavy atom. The maximum Gasteiger partial charge on any atom is 0.412 e. The predicted molar refractivity (Wildman–Crippen MR) is 121 cm³/mol. The van der Waals surface area contributed by atoms with Crippen LogP contribution in [-0.2, 0) is 6.42 Å². The first-order valence-corrected chi connectivity index (χ1v) is 10.5. The van der Waals surface area contributed by atoms with Crippen molar-refractivity contribution in [3.63, 3.8) is 0 Å². The molecule has 4 rings (SSSR count). The highest BCUT2D eigenvalue weighted by Crippen LogP contribution is 2.36. The van der Waals surface area contributed by atoms with Crippen LogP contribution in [0.1, 0.15) is 40.2 Å². The lowest BCUT2D eigenvalue weighted by molar-refractivity contribution is 0.102. The van der Waals surface area contributed by atoms with Crippen molar-refractivity contribution in [3.05, 3.63) is 89.2 Å². The van der Waals surface area contributed by atoms with E-state index in [1.807, 2.05) is 30.3 Å². The molecule has 0 bridgehead atoms. The van der Waals surface area contributed by atoms with Gasteiger partial charge in [-0.2, -0.15) is 0 Å². The van der Waals surface area contributed by atoms with Crippen molar-refractivity contribution in [2.24, 2.45) is 0 Å². The number of nitrogens with two attached hydrogens (primary N) is 1. The van der Waals surface area contributed by atoms with Gasteiger partial charge in [-0.15, -0.1) is 0 Å². The number of hydrogen-bond donors (Lipinski definition) is 3. The summed E-state index contributed by atoms with van der Waals surface area (Å²) in [5.41, 5.74) is 9.96. The van der Waals surface area contributed by atoms with Crippen molar-refractivity contribution in [1.82, 2.24) is 5.32 Å². The van der Waals surface area contributed by atoms with Crippen LogP contribution in [0.2, 0.25) is 0 Å². The Hall–Kier alpha value is -3.87. The molecule has 4 N–H and O–H groups in total. The summed E-state index contributed by atoms with van der Waals surface area (Å²) >= 11 is 0. The number of aryl methyl sites for hydroxylation is 1. The molecule has 1 aliphatic carbocycles. The van der Waals surface area contributed by atoms with Crippen LogP contribution in [0.4, 0.5) is 20.6 Å². The lowest BCUT2D eigenvalue weighted by atomic mass is 9.96. The predicted octanol–water partition coefficient (Wildman–Crippen LogP) is 4.87. The Labute approximate surface area is 185 Å². The first kappa shape index (κ1) is 21.4. The van der Waals surface area contributed by atoms with Gasteiger partial charge >= 0.3 is 6.09 Å². The Morgan fingerprint density at radius 1 is 1.06 bits per heavy atom. The molecule has 1 atom stereocenters. The molecule has 32 heavy (non-hydrogen) atoms. The van der Waals surface area contributed by atoms with Gasteiger partial charge in [-0.1, -0.05) is 18.2 Å². The third kappa shape index (κ3) is 5.06. The molecule has 3 aromatic rings. The van der Waals surface area contributed by atoms with Crippen LogP contribution in [0, 0.1) is 5.82 Å². The first-order chi connectivity index (χ1) is 15.5. The van der Waals surface area contributed by atoms with Crippen LogP contribution >= 0.6 is 0 Å².